The lowest BCUT2D eigenvalue weighted by Gasteiger charge is -2.37. The molecule has 1 N–H and O–H groups in total. The Labute approximate surface area is 111 Å². The number of nitrogens with zero attached hydrogens (tertiary/aromatic N) is 2. The Bertz CT molecular complexity index is 281. The molecule has 2 aliphatic heterocycles. The van der Waals surface area contributed by atoms with Crippen molar-refractivity contribution in [1.29, 1.82) is 0 Å². The zero-order valence-corrected chi connectivity index (χ0v) is 11.9. The van der Waals surface area contributed by atoms with Gasteiger partial charge in [0, 0.05) is 20.1 Å². The Balaban J connectivity index is 1.79. The standard InChI is InChI=1S/C14H27N3O/c1-14(7-3-4-8-15-14)13(18)16(2)11-12-17-9-5-6-10-17/h15H,3-12H2,1-2H3. The number of carbonyl (C=O) groups is 1. The van der Waals surface area contributed by atoms with Crippen LogP contribution in [0.5, 0.6) is 0 Å². The molecule has 2 fully saturated rings. The molecule has 4 nitrogen and oxygen atoms in total. The molecule has 0 spiro atoms. The summed E-state index contributed by atoms with van der Waals surface area (Å²) in [7, 11) is 1.94. The first kappa shape index (κ1) is 13.8. The van der Waals surface area contributed by atoms with Crippen LogP contribution in [0.25, 0.3) is 0 Å². The summed E-state index contributed by atoms with van der Waals surface area (Å²) < 4.78 is 0. The molecule has 1 atom stereocenters. The van der Waals surface area contributed by atoms with Crippen LogP contribution < -0.4 is 5.32 Å². The average Bonchev–Trinajstić information content (AvgIpc) is 2.89. The summed E-state index contributed by atoms with van der Waals surface area (Å²) in [6.07, 6.45) is 5.96. The molecular formula is C14H27N3O. The van der Waals surface area contributed by atoms with Gasteiger partial charge in [-0.1, -0.05) is 0 Å². The van der Waals surface area contributed by atoms with Crippen LogP contribution in [0.1, 0.15) is 39.0 Å². The zero-order valence-electron chi connectivity index (χ0n) is 11.9. The van der Waals surface area contributed by atoms with Crippen molar-refractivity contribution in [2.45, 2.75) is 44.6 Å². The molecule has 2 heterocycles. The normalized spacial score (nSPS) is 29.4. The average molecular weight is 253 g/mol. The van der Waals surface area contributed by atoms with Crippen molar-refractivity contribution in [2.24, 2.45) is 0 Å². The number of hydrogen-bond acceptors (Lipinski definition) is 3. The highest BCUT2D eigenvalue weighted by Gasteiger charge is 2.36. The molecular weight excluding hydrogens is 226 g/mol. The van der Waals surface area contributed by atoms with Crippen LogP contribution in [0, 0.1) is 0 Å². The summed E-state index contributed by atoms with van der Waals surface area (Å²) in [5.74, 6) is 0.265. The van der Waals surface area contributed by atoms with Gasteiger partial charge in [0.25, 0.3) is 0 Å². The first-order valence-electron chi connectivity index (χ1n) is 7.35. The fourth-order valence-electron chi connectivity index (χ4n) is 3.06. The van der Waals surface area contributed by atoms with E-state index in [2.05, 4.69) is 17.1 Å². The summed E-state index contributed by atoms with van der Waals surface area (Å²) in [4.78, 5) is 16.8. The Morgan fingerprint density at radius 1 is 1.28 bits per heavy atom. The minimum absolute atomic E-state index is 0.265. The molecule has 2 saturated heterocycles. The predicted molar refractivity (Wildman–Crippen MR) is 73.6 cm³/mol. The second-order valence-corrected chi connectivity index (χ2v) is 5.99. The summed E-state index contributed by atoms with van der Waals surface area (Å²) in [5.41, 5.74) is -0.321. The summed E-state index contributed by atoms with van der Waals surface area (Å²) in [6.45, 7) is 7.33. The fourth-order valence-corrected chi connectivity index (χ4v) is 3.06. The Morgan fingerprint density at radius 3 is 2.61 bits per heavy atom. The van der Waals surface area contributed by atoms with Crippen LogP contribution in [0.15, 0.2) is 0 Å². The summed E-state index contributed by atoms with van der Waals surface area (Å²) in [6, 6.07) is 0. The van der Waals surface area contributed by atoms with Gasteiger partial charge in [0.1, 0.15) is 0 Å². The highest BCUT2D eigenvalue weighted by Crippen LogP contribution is 2.20. The van der Waals surface area contributed by atoms with E-state index in [9.17, 15) is 4.79 Å². The van der Waals surface area contributed by atoms with E-state index in [1.54, 1.807) is 0 Å². The van der Waals surface area contributed by atoms with Crippen molar-refractivity contribution >= 4 is 5.91 Å². The SMILES string of the molecule is CN(CCN1CCCC1)C(=O)C1(C)CCCCN1. The molecule has 0 aromatic heterocycles. The van der Waals surface area contributed by atoms with E-state index in [0.717, 1.165) is 32.5 Å². The van der Waals surface area contributed by atoms with Gasteiger partial charge in [-0.05, 0) is 58.7 Å². The van der Waals surface area contributed by atoms with Gasteiger partial charge in [-0.15, -0.1) is 0 Å². The van der Waals surface area contributed by atoms with E-state index in [1.807, 2.05) is 11.9 Å². The lowest BCUT2D eigenvalue weighted by Crippen LogP contribution is -2.57. The van der Waals surface area contributed by atoms with Gasteiger partial charge in [0.05, 0.1) is 5.54 Å². The van der Waals surface area contributed by atoms with Crippen LogP contribution in [-0.4, -0.2) is 61.0 Å². The summed E-state index contributed by atoms with van der Waals surface area (Å²) >= 11 is 0. The molecule has 0 saturated carbocycles. The fraction of sp³-hybridized carbons (Fsp3) is 0.929. The third-order valence-corrected chi connectivity index (χ3v) is 4.39. The lowest BCUT2D eigenvalue weighted by atomic mass is 9.89. The number of likely N-dealkylation sites (tertiary alicyclic amines) is 1. The van der Waals surface area contributed by atoms with Crippen LogP contribution in [0.4, 0.5) is 0 Å². The van der Waals surface area contributed by atoms with Crippen molar-refractivity contribution in [3.8, 4) is 0 Å². The molecule has 104 valence electrons. The third-order valence-electron chi connectivity index (χ3n) is 4.39. The Hall–Kier alpha value is -0.610. The van der Waals surface area contributed by atoms with E-state index in [1.165, 1.54) is 32.4 Å². The highest BCUT2D eigenvalue weighted by atomic mass is 16.2. The topological polar surface area (TPSA) is 35.6 Å². The molecule has 1 amide bonds. The van der Waals surface area contributed by atoms with Crippen LogP contribution in [0.2, 0.25) is 0 Å². The van der Waals surface area contributed by atoms with E-state index in [4.69, 9.17) is 0 Å². The van der Waals surface area contributed by atoms with Gasteiger partial charge in [-0.3, -0.25) is 4.79 Å². The number of rotatable bonds is 4. The number of amides is 1. The van der Waals surface area contributed by atoms with Crippen molar-refractivity contribution in [2.75, 3.05) is 39.8 Å². The number of hydrogen-bond donors (Lipinski definition) is 1. The van der Waals surface area contributed by atoms with Gasteiger partial charge < -0.3 is 15.1 Å². The first-order chi connectivity index (χ1) is 8.62. The van der Waals surface area contributed by atoms with Crippen molar-refractivity contribution < 1.29 is 4.79 Å². The van der Waals surface area contributed by atoms with Crippen LogP contribution >= 0.6 is 0 Å². The number of nitrogens with one attached hydrogen (secondary N) is 1. The van der Waals surface area contributed by atoms with Crippen molar-refractivity contribution in [3.05, 3.63) is 0 Å². The van der Waals surface area contributed by atoms with Gasteiger partial charge in [-0.2, -0.15) is 0 Å². The van der Waals surface area contributed by atoms with Gasteiger partial charge in [-0.25, -0.2) is 0 Å². The maximum atomic E-state index is 12.5. The molecule has 4 heteroatoms. The van der Waals surface area contributed by atoms with Gasteiger partial charge >= 0.3 is 0 Å². The quantitative estimate of drug-likeness (QED) is 0.814. The molecule has 0 aliphatic carbocycles. The van der Waals surface area contributed by atoms with Crippen molar-refractivity contribution in [3.63, 3.8) is 0 Å². The highest BCUT2D eigenvalue weighted by molar-refractivity contribution is 5.85. The van der Waals surface area contributed by atoms with E-state index in [0.29, 0.717) is 0 Å². The summed E-state index contributed by atoms with van der Waals surface area (Å²) in [5, 5.41) is 3.40. The molecule has 18 heavy (non-hydrogen) atoms. The first-order valence-corrected chi connectivity index (χ1v) is 7.35. The number of piperidine rings is 1. The Kier molecular flexibility index (Phi) is 4.62. The minimum atomic E-state index is -0.321. The van der Waals surface area contributed by atoms with Crippen molar-refractivity contribution in [1.82, 2.24) is 15.1 Å². The van der Waals surface area contributed by atoms with Crippen LogP contribution in [-0.2, 0) is 4.79 Å². The maximum Gasteiger partial charge on any atom is 0.242 e. The molecule has 2 aliphatic rings. The zero-order chi connectivity index (χ0) is 13.0. The van der Waals surface area contributed by atoms with E-state index >= 15 is 0 Å². The van der Waals surface area contributed by atoms with Gasteiger partial charge in [0.2, 0.25) is 5.91 Å². The molecule has 0 bridgehead atoms. The van der Waals surface area contributed by atoms with E-state index < -0.39 is 0 Å². The van der Waals surface area contributed by atoms with Gasteiger partial charge in [0.15, 0.2) is 0 Å². The molecule has 1 unspecified atom stereocenters. The number of carbonyl (C=O) groups excluding carboxylic acids is 1. The number of likely N-dealkylation sites (N-methyl/N-ethyl adjacent to an activating group) is 1. The second-order valence-electron chi connectivity index (χ2n) is 5.99. The maximum absolute atomic E-state index is 12.5. The van der Waals surface area contributed by atoms with E-state index in [-0.39, 0.29) is 11.4 Å². The Morgan fingerprint density at radius 2 is 2.00 bits per heavy atom. The minimum Gasteiger partial charge on any atom is -0.343 e. The molecule has 0 aromatic rings. The monoisotopic (exact) mass is 253 g/mol. The lowest BCUT2D eigenvalue weighted by molar-refractivity contribution is -0.137. The third kappa shape index (κ3) is 3.23. The molecule has 0 aromatic carbocycles. The largest absolute Gasteiger partial charge is 0.343 e. The molecule has 0 radical (unpaired) electrons. The van der Waals surface area contributed by atoms with Crippen LogP contribution in [0.3, 0.4) is 0 Å². The second kappa shape index (κ2) is 6.02. The predicted octanol–water partition coefficient (Wildman–Crippen LogP) is 1.07. The smallest absolute Gasteiger partial charge is 0.242 e. The molecule has 2 rings (SSSR count).